The van der Waals surface area contributed by atoms with Crippen LogP contribution in [-0.2, 0) is 21.2 Å². The van der Waals surface area contributed by atoms with E-state index in [-0.39, 0.29) is 11.4 Å². The van der Waals surface area contributed by atoms with Crippen LogP contribution in [0, 0.1) is 0 Å². The zero-order chi connectivity index (χ0) is 17.9. The molecule has 0 amide bonds. The summed E-state index contributed by atoms with van der Waals surface area (Å²) in [6, 6.07) is 13.2. The smallest absolute Gasteiger partial charge is 0.337 e. The van der Waals surface area contributed by atoms with Crippen LogP contribution < -0.4 is 4.72 Å². The summed E-state index contributed by atoms with van der Waals surface area (Å²) in [6.07, 6.45) is 0.439. The molecule has 2 aromatic carbocycles. The fourth-order valence-electron chi connectivity index (χ4n) is 2.40. The second-order valence-corrected chi connectivity index (χ2v) is 7.13. The molecule has 0 radical (unpaired) electrons. The van der Waals surface area contributed by atoms with E-state index in [0.717, 1.165) is 11.0 Å². The molecule has 0 saturated carbocycles. The van der Waals surface area contributed by atoms with Gasteiger partial charge in [0.1, 0.15) is 5.82 Å². The van der Waals surface area contributed by atoms with Gasteiger partial charge in [0.25, 0.3) is 0 Å². The number of rotatable bonds is 6. The number of esters is 1. The van der Waals surface area contributed by atoms with Gasteiger partial charge in [0.15, 0.2) is 0 Å². The molecule has 3 rings (SSSR count). The molecule has 130 valence electrons. The minimum atomic E-state index is -3.65. The molecule has 0 unspecified atom stereocenters. The summed E-state index contributed by atoms with van der Waals surface area (Å²) in [7, 11) is -2.38. The number of methoxy groups -OCH3 is 1. The lowest BCUT2D eigenvalue weighted by Crippen LogP contribution is -2.26. The summed E-state index contributed by atoms with van der Waals surface area (Å²) in [4.78, 5) is 19.0. The number of hydrogen-bond donors (Lipinski definition) is 2. The van der Waals surface area contributed by atoms with Crippen LogP contribution >= 0.6 is 0 Å². The van der Waals surface area contributed by atoms with Gasteiger partial charge >= 0.3 is 5.97 Å². The van der Waals surface area contributed by atoms with Gasteiger partial charge in [-0.15, -0.1) is 0 Å². The third-order valence-electron chi connectivity index (χ3n) is 3.68. The van der Waals surface area contributed by atoms with Gasteiger partial charge in [-0.3, -0.25) is 0 Å². The fraction of sp³-hybridized carbons (Fsp3) is 0.176. The number of nitrogens with zero attached hydrogens (tertiary/aromatic N) is 1. The Morgan fingerprint density at radius 2 is 1.88 bits per heavy atom. The Balaban J connectivity index is 1.64. The minimum Gasteiger partial charge on any atom is -0.465 e. The Bertz CT molecular complexity index is 961. The predicted molar refractivity (Wildman–Crippen MR) is 92.8 cm³/mol. The van der Waals surface area contributed by atoms with E-state index in [1.54, 1.807) is 0 Å². The van der Waals surface area contributed by atoms with Crippen LogP contribution in [0.15, 0.2) is 53.4 Å². The van der Waals surface area contributed by atoms with Crippen LogP contribution in [0.1, 0.15) is 16.2 Å². The predicted octanol–water partition coefficient (Wildman–Crippen LogP) is 1.87. The Labute approximate surface area is 145 Å². The van der Waals surface area contributed by atoms with E-state index in [1.165, 1.54) is 31.4 Å². The maximum atomic E-state index is 12.3. The molecule has 8 heteroatoms. The lowest BCUT2D eigenvalue weighted by atomic mass is 10.2. The molecule has 7 nitrogen and oxygen atoms in total. The Hall–Kier alpha value is -2.71. The molecule has 0 bridgehead atoms. The molecule has 0 fully saturated rings. The Kier molecular flexibility index (Phi) is 4.82. The lowest BCUT2D eigenvalue weighted by molar-refractivity contribution is 0.0600. The minimum absolute atomic E-state index is 0.0877. The zero-order valence-corrected chi connectivity index (χ0v) is 14.3. The van der Waals surface area contributed by atoms with Crippen LogP contribution in [0.2, 0.25) is 0 Å². The number of fused-ring (bicyclic) bond motifs is 1. The second kappa shape index (κ2) is 7.04. The number of carbonyl (C=O) groups excluding carboxylic acids is 1. The van der Waals surface area contributed by atoms with Crippen molar-refractivity contribution in [3.05, 3.63) is 59.9 Å². The van der Waals surface area contributed by atoms with Crippen LogP contribution in [-0.4, -0.2) is 38.0 Å². The quantitative estimate of drug-likeness (QED) is 0.654. The van der Waals surface area contributed by atoms with Gasteiger partial charge in [0.05, 0.1) is 28.6 Å². The van der Waals surface area contributed by atoms with Crippen molar-refractivity contribution < 1.29 is 17.9 Å². The van der Waals surface area contributed by atoms with Gasteiger partial charge < -0.3 is 9.72 Å². The fourth-order valence-corrected chi connectivity index (χ4v) is 3.43. The van der Waals surface area contributed by atoms with E-state index in [0.29, 0.717) is 17.8 Å². The molecule has 25 heavy (non-hydrogen) atoms. The third kappa shape index (κ3) is 3.86. The summed E-state index contributed by atoms with van der Waals surface area (Å²) in [5, 5.41) is 0. The first-order chi connectivity index (χ1) is 12.0. The largest absolute Gasteiger partial charge is 0.465 e. The SMILES string of the molecule is COC(=O)c1ccc(S(=O)(=O)NCCc2nc3ccccc3[nH]2)cc1. The van der Waals surface area contributed by atoms with Crippen LogP contribution in [0.25, 0.3) is 11.0 Å². The average molecular weight is 359 g/mol. The molecule has 1 aromatic heterocycles. The van der Waals surface area contributed by atoms with Crippen molar-refractivity contribution in [1.82, 2.24) is 14.7 Å². The highest BCUT2D eigenvalue weighted by atomic mass is 32.2. The number of hydrogen-bond acceptors (Lipinski definition) is 5. The average Bonchev–Trinajstić information content (AvgIpc) is 3.03. The number of imidazole rings is 1. The van der Waals surface area contributed by atoms with Gasteiger partial charge in [0, 0.05) is 13.0 Å². The van der Waals surface area contributed by atoms with Gasteiger partial charge in [0.2, 0.25) is 10.0 Å². The Morgan fingerprint density at radius 1 is 1.16 bits per heavy atom. The molecule has 3 aromatic rings. The highest BCUT2D eigenvalue weighted by molar-refractivity contribution is 7.89. The normalized spacial score (nSPS) is 11.6. The summed E-state index contributed by atoms with van der Waals surface area (Å²) in [6.45, 7) is 0.209. The second-order valence-electron chi connectivity index (χ2n) is 5.36. The number of sulfonamides is 1. The standard InChI is InChI=1S/C17H17N3O4S/c1-24-17(21)12-6-8-13(9-7-12)25(22,23)18-11-10-16-19-14-4-2-3-5-15(14)20-16/h2-9,18H,10-11H2,1H3,(H,19,20). The van der Waals surface area contributed by atoms with Gasteiger partial charge in [-0.1, -0.05) is 12.1 Å². The van der Waals surface area contributed by atoms with Crippen molar-refractivity contribution in [3.8, 4) is 0 Å². The molecular formula is C17H17N3O4S. The zero-order valence-electron chi connectivity index (χ0n) is 13.5. The number of para-hydroxylation sites is 2. The molecule has 1 heterocycles. The molecule has 0 aliphatic heterocycles. The first-order valence-electron chi connectivity index (χ1n) is 7.61. The third-order valence-corrected chi connectivity index (χ3v) is 5.15. The number of nitrogens with one attached hydrogen (secondary N) is 2. The molecular weight excluding hydrogens is 342 g/mol. The van der Waals surface area contributed by atoms with E-state index in [4.69, 9.17) is 0 Å². The molecule has 0 saturated heterocycles. The number of H-pyrrole nitrogens is 1. The van der Waals surface area contributed by atoms with E-state index >= 15 is 0 Å². The van der Waals surface area contributed by atoms with Crippen molar-refractivity contribution in [1.29, 1.82) is 0 Å². The number of ether oxygens (including phenoxy) is 1. The first kappa shape index (κ1) is 17.1. The number of carbonyl (C=O) groups is 1. The van der Waals surface area contributed by atoms with E-state index in [2.05, 4.69) is 19.4 Å². The van der Waals surface area contributed by atoms with Crippen molar-refractivity contribution in [2.45, 2.75) is 11.3 Å². The highest BCUT2D eigenvalue weighted by Crippen LogP contribution is 2.12. The summed E-state index contributed by atoms with van der Waals surface area (Å²) in [5.74, 6) is 0.201. The van der Waals surface area contributed by atoms with Gasteiger partial charge in [-0.2, -0.15) is 0 Å². The van der Waals surface area contributed by atoms with E-state index < -0.39 is 16.0 Å². The van der Waals surface area contributed by atoms with Crippen molar-refractivity contribution in [2.24, 2.45) is 0 Å². The number of aromatic nitrogens is 2. The van der Waals surface area contributed by atoms with Crippen LogP contribution in [0.4, 0.5) is 0 Å². The van der Waals surface area contributed by atoms with Gasteiger partial charge in [-0.05, 0) is 36.4 Å². The summed E-state index contributed by atoms with van der Waals surface area (Å²) < 4.78 is 31.7. The molecule has 0 atom stereocenters. The maximum absolute atomic E-state index is 12.3. The molecule has 0 spiro atoms. The first-order valence-corrected chi connectivity index (χ1v) is 9.09. The molecule has 2 N–H and O–H groups in total. The van der Waals surface area contributed by atoms with Crippen molar-refractivity contribution in [3.63, 3.8) is 0 Å². The molecule has 0 aliphatic carbocycles. The van der Waals surface area contributed by atoms with Gasteiger partial charge in [-0.25, -0.2) is 22.9 Å². The lowest BCUT2D eigenvalue weighted by Gasteiger charge is -2.06. The summed E-state index contributed by atoms with van der Waals surface area (Å²) in [5.41, 5.74) is 2.06. The van der Waals surface area contributed by atoms with Crippen LogP contribution in [0.5, 0.6) is 0 Å². The monoisotopic (exact) mass is 359 g/mol. The van der Waals surface area contributed by atoms with Crippen molar-refractivity contribution >= 4 is 27.0 Å². The topological polar surface area (TPSA) is 101 Å². The Morgan fingerprint density at radius 3 is 2.56 bits per heavy atom. The number of aromatic amines is 1. The summed E-state index contributed by atoms with van der Waals surface area (Å²) >= 11 is 0. The highest BCUT2D eigenvalue weighted by Gasteiger charge is 2.15. The number of benzene rings is 2. The molecule has 0 aliphatic rings. The maximum Gasteiger partial charge on any atom is 0.337 e. The van der Waals surface area contributed by atoms with Crippen LogP contribution in [0.3, 0.4) is 0 Å². The van der Waals surface area contributed by atoms with Crippen molar-refractivity contribution in [2.75, 3.05) is 13.7 Å². The van der Waals surface area contributed by atoms with E-state index in [9.17, 15) is 13.2 Å². The van der Waals surface area contributed by atoms with E-state index in [1.807, 2.05) is 24.3 Å².